The van der Waals surface area contributed by atoms with Crippen molar-refractivity contribution in [3.05, 3.63) is 166 Å². The van der Waals surface area contributed by atoms with Crippen LogP contribution in [-0.2, 0) is 24.2 Å². The summed E-state index contributed by atoms with van der Waals surface area (Å²) in [6.45, 7) is 5.52. The van der Waals surface area contributed by atoms with E-state index in [1.807, 2.05) is 89.8 Å². The second-order valence-electron chi connectivity index (χ2n) is 12.5. The summed E-state index contributed by atoms with van der Waals surface area (Å²) in [6, 6.07) is 37.9. The highest BCUT2D eigenvalue weighted by molar-refractivity contribution is 6.30. The van der Waals surface area contributed by atoms with Crippen LogP contribution in [0.1, 0.15) is 37.4 Å². The molecule has 0 unspecified atom stereocenters. The van der Waals surface area contributed by atoms with E-state index in [1.54, 1.807) is 11.0 Å². The van der Waals surface area contributed by atoms with Crippen molar-refractivity contribution < 1.29 is 23.5 Å². The van der Waals surface area contributed by atoms with Gasteiger partial charge in [0.05, 0.1) is 19.8 Å². The summed E-state index contributed by atoms with van der Waals surface area (Å²) in [6.07, 6.45) is 0.692. The summed E-state index contributed by atoms with van der Waals surface area (Å²) in [5, 5.41) is 0.613. The first-order chi connectivity index (χ1) is 24.9. The third-order valence-electron chi connectivity index (χ3n) is 8.82. The molecule has 6 rings (SSSR count). The van der Waals surface area contributed by atoms with Crippen molar-refractivity contribution in [2.24, 2.45) is 0 Å². The van der Waals surface area contributed by atoms with Crippen LogP contribution in [0, 0.1) is 5.82 Å². The van der Waals surface area contributed by atoms with Crippen LogP contribution in [0.25, 0.3) is 0 Å². The van der Waals surface area contributed by atoms with Gasteiger partial charge in [0.15, 0.2) is 0 Å². The van der Waals surface area contributed by atoms with Gasteiger partial charge in [0, 0.05) is 60.6 Å². The van der Waals surface area contributed by atoms with Gasteiger partial charge in [-0.1, -0.05) is 72.3 Å². The second kappa shape index (κ2) is 17.8. The minimum Gasteiger partial charge on any atom is -0.492 e. The zero-order valence-electron chi connectivity index (χ0n) is 28.4. The number of nitrogens with zero attached hydrogens (tertiary/aromatic N) is 3. The summed E-state index contributed by atoms with van der Waals surface area (Å²) < 4.78 is 25.4. The molecule has 0 spiro atoms. The van der Waals surface area contributed by atoms with Crippen molar-refractivity contribution in [3.63, 3.8) is 0 Å². The van der Waals surface area contributed by atoms with Crippen LogP contribution in [0.2, 0.25) is 5.02 Å². The van der Waals surface area contributed by atoms with Crippen molar-refractivity contribution in [1.82, 2.24) is 9.80 Å². The SMILES string of the molecule is O=C(c1cccc(CN(C(=O)c2ccc(F)cc2)c2cccc(OCCN3CCOCC3)c2)c1)N(CCc1ccccc1)Cc1cccc(Cl)c1. The van der Waals surface area contributed by atoms with E-state index in [9.17, 15) is 14.0 Å². The molecule has 0 bridgehead atoms. The lowest BCUT2D eigenvalue weighted by Gasteiger charge is -2.27. The lowest BCUT2D eigenvalue weighted by Crippen LogP contribution is -2.38. The van der Waals surface area contributed by atoms with Crippen LogP contribution in [0.5, 0.6) is 5.75 Å². The van der Waals surface area contributed by atoms with E-state index in [-0.39, 0.29) is 18.4 Å². The number of anilines is 1. The monoisotopic (exact) mass is 705 g/mol. The largest absolute Gasteiger partial charge is 0.492 e. The first kappa shape index (κ1) is 35.8. The molecule has 5 aromatic carbocycles. The Morgan fingerprint density at radius 3 is 2.20 bits per heavy atom. The minimum atomic E-state index is -0.422. The number of hydrogen-bond donors (Lipinski definition) is 0. The Morgan fingerprint density at radius 1 is 0.725 bits per heavy atom. The molecule has 0 aliphatic carbocycles. The van der Waals surface area contributed by atoms with E-state index in [1.165, 1.54) is 24.3 Å². The number of halogens is 2. The van der Waals surface area contributed by atoms with E-state index in [4.69, 9.17) is 21.1 Å². The number of hydrogen-bond acceptors (Lipinski definition) is 5. The standard InChI is InChI=1S/C42H41ClFN3O4/c43-37-12-5-10-34(28-37)30-46(20-19-32-7-2-1-3-8-32)41(48)36-11-4-9-33(27-36)31-47(42(49)35-15-17-38(44)18-16-35)39-13-6-14-40(29-39)51-26-23-45-21-24-50-25-22-45/h1-18,27-29H,19-26,30-31H2. The van der Waals surface area contributed by atoms with Crippen LogP contribution >= 0.6 is 11.6 Å². The van der Waals surface area contributed by atoms with E-state index in [2.05, 4.69) is 17.0 Å². The summed E-state index contributed by atoms with van der Waals surface area (Å²) >= 11 is 6.29. The molecule has 1 fully saturated rings. The molecule has 9 heteroatoms. The minimum absolute atomic E-state index is 0.125. The Balaban J connectivity index is 1.24. The summed E-state index contributed by atoms with van der Waals surface area (Å²) in [5.74, 6) is -0.214. The molecule has 1 aliphatic rings. The van der Waals surface area contributed by atoms with E-state index >= 15 is 0 Å². The summed E-state index contributed by atoms with van der Waals surface area (Å²) in [5.41, 5.74) is 4.31. The predicted molar refractivity (Wildman–Crippen MR) is 199 cm³/mol. The van der Waals surface area contributed by atoms with Gasteiger partial charge in [-0.05, 0) is 83.8 Å². The average Bonchev–Trinajstić information content (AvgIpc) is 3.16. The third kappa shape index (κ3) is 10.3. The molecule has 1 heterocycles. The number of benzene rings is 5. The lowest BCUT2D eigenvalue weighted by atomic mass is 10.1. The molecule has 0 N–H and O–H groups in total. The molecule has 7 nitrogen and oxygen atoms in total. The molecular weight excluding hydrogens is 665 g/mol. The number of morpholine rings is 1. The Labute approximate surface area is 303 Å². The normalized spacial score (nSPS) is 13.1. The van der Waals surface area contributed by atoms with Gasteiger partial charge in [-0.15, -0.1) is 0 Å². The number of carbonyl (C=O) groups is 2. The topological polar surface area (TPSA) is 62.3 Å². The van der Waals surface area contributed by atoms with Crippen LogP contribution < -0.4 is 9.64 Å². The van der Waals surface area contributed by atoms with Gasteiger partial charge in [-0.3, -0.25) is 14.5 Å². The van der Waals surface area contributed by atoms with Gasteiger partial charge in [0.1, 0.15) is 18.2 Å². The fourth-order valence-electron chi connectivity index (χ4n) is 6.07. The Bertz CT molecular complexity index is 1900. The molecule has 0 saturated carbocycles. The highest BCUT2D eigenvalue weighted by Crippen LogP contribution is 2.26. The van der Waals surface area contributed by atoms with Crippen molar-refractivity contribution in [3.8, 4) is 5.75 Å². The molecule has 1 aliphatic heterocycles. The maximum absolute atomic E-state index is 14.2. The zero-order chi connectivity index (χ0) is 35.4. The second-order valence-corrected chi connectivity index (χ2v) is 12.9. The van der Waals surface area contributed by atoms with E-state index < -0.39 is 5.82 Å². The Kier molecular flexibility index (Phi) is 12.5. The smallest absolute Gasteiger partial charge is 0.258 e. The lowest BCUT2D eigenvalue weighted by molar-refractivity contribution is 0.0322. The van der Waals surface area contributed by atoms with Gasteiger partial charge in [-0.25, -0.2) is 4.39 Å². The highest BCUT2D eigenvalue weighted by Gasteiger charge is 2.22. The first-order valence-electron chi connectivity index (χ1n) is 17.2. The average molecular weight is 706 g/mol. The van der Waals surface area contributed by atoms with Crippen molar-refractivity contribution >= 4 is 29.1 Å². The van der Waals surface area contributed by atoms with Gasteiger partial charge in [-0.2, -0.15) is 0 Å². The highest BCUT2D eigenvalue weighted by atomic mass is 35.5. The van der Waals surface area contributed by atoms with Gasteiger partial charge >= 0.3 is 0 Å². The zero-order valence-corrected chi connectivity index (χ0v) is 29.2. The van der Waals surface area contributed by atoms with Gasteiger partial charge in [0.25, 0.3) is 11.8 Å². The van der Waals surface area contributed by atoms with Gasteiger partial charge < -0.3 is 19.3 Å². The summed E-state index contributed by atoms with van der Waals surface area (Å²) in [4.78, 5) is 33.9. The van der Waals surface area contributed by atoms with Crippen molar-refractivity contribution in [1.29, 1.82) is 0 Å². The van der Waals surface area contributed by atoms with Crippen LogP contribution in [0.3, 0.4) is 0 Å². The fraction of sp³-hybridized carbons (Fsp3) is 0.238. The fourth-order valence-corrected chi connectivity index (χ4v) is 6.28. The maximum Gasteiger partial charge on any atom is 0.258 e. The molecule has 1 saturated heterocycles. The predicted octanol–water partition coefficient (Wildman–Crippen LogP) is 7.92. The first-order valence-corrected chi connectivity index (χ1v) is 17.6. The molecule has 2 amide bonds. The molecule has 0 aromatic heterocycles. The third-order valence-corrected chi connectivity index (χ3v) is 9.06. The number of rotatable bonds is 14. The Hall–Kier alpha value is -5.02. The Morgan fingerprint density at radius 2 is 1.43 bits per heavy atom. The molecule has 5 aromatic rings. The summed E-state index contributed by atoms with van der Waals surface area (Å²) in [7, 11) is 0. The van der Waals surface area contributed by atoms with Crippen LogP contribution in [-0.4, -0.2) is 67.6 Å². The number of ether oxygens (including phenoxy) is 2. The maximum atomic E-state index is 14.2. The molecule has 262 valence electrons. The molecular formula is C42H41ClFN3O4. The quantitative estimate of drug-likeness (QED) is 0.118. The van der Waals surface area contributed by atoms with E-state index in [0.717, 1.165) is 49.5 Å². The van der Waals surface area contributed by atoms with Crippen molar-refractivity contribution in [2.45, 2.75) is 19.5 Å². The number of amides is 2. The van der Waals surface area contributed by atoms with Crippen molar-refractivity contribution in [2.75, 3.05) is 50.9 Å². The van der Waals surface area contributed by atoms with Gasteiger partial charge in [0.2, 0.25) is 0 Å². The molecule has 0 radical (unpaired) electrons. The molecule has 51 heavy (non-hydrogen) atoms. The van der Waals surface area contributed by atoms with E-state index in [0.29, 0.717) is 53.7 Å². The number of carbonyl (C=O) groups excluding carboxylic acids is 2. The van der Waals surface area contributed by atoms with Crippen LogP contribution in [0.4, 0.5) is 10.1 Å². The molecule has 0 atom stereocenters. The van der Waals surface area contributed by atoms with Crippen LogP contribution in [0.15, 0.2) is 127 Å².